The van der Waals surface area contributed by atoms with E-state index in [9.17, 15) is 4.79 Å². The summed E-state index contributed by atoms with van der Waals surface area (Å²) in [6.07, 6.45) is 3.84. The number of rotatable bonds is 3. The average Bonchev–Trinajstić information content (AvgIpc) is 2.57. The minimum Gasteiger partial charge on any atom is -0.496 e. The van der Waals surface area contributed by atoms with Crippen LogP contribution in [0.25, 0.3) is 0 Å². The summed E-state index contributed by atoms with van der Waals surface area (Å²) in [4.78, 5) is 13.7. The second-order valence-corrected chi connectivity index (χ2v) is 7.77. The van der Waals surface area contributed by atoms with Crippen LogP contribution in [0.5, 0.6) is 5.75 Å². The van der Waals surface area contributed by atoms with Crippen LogP contribution in [-0.4, -0.2) is 12.9 Å². The molecule has 128 valence electrons. The first-order valence-electron chi connectivity index (χ1n) is 8.87. The number of carbonyl (C=O) groups excluding carboxylic acids is 1. The van der Waals surface area contributed by atoms with E-state index in [0.717, 1.165) is 31.2 Å². The predicted octanol–water partition coefficient (Wildman–Crippen LogP) is 5.74. The van der Waals surface area contributed by atoms with Gasteiger partial charge in [-0.2, -0.15) is 0 Å². The monoisotopic (exact) mass is 324 g/mol. The largest absolute Gasteiger partial charge is 0.496 e. The van der Waals surface area contributed by atoms with Crippen molar-refractivity contribution in [2.45, 2.75) is 53.4 Å². The quantitative estimate of drug-likeness (QED) is 0.523. The average molecular weight is 324 g/mol. The number of carbonyl (C=O) groups is 1. The molecule has 2 heteroatoms. The molecule has 0 radical (unpaired) electrons. The van der Waals surface area contributed by atoms with Crippen molar-refractivity contribution in [1.29, 1.82) is 0 Å². The lowest BCUT2D eigenvalue weighted by Gasteiger charge is -2.47. The number of Topliss-reactive ketones (excluding diaryl/α,β-unsaturated/α-hetero) is 1. The van der Waals surface area contributed by atoms with E-state index in [1.165, 1.54) is 22.3 Å². The van der Waals surface area contributed by atoms with Crippen molar-refractivity contribution >= 4 is 5.78 Å². The smallest absolute Gasteiger partial charge is 0.173 e. The topological polar surface area (TPSA) is 26.3 Å². The summed E-state index contributed by atoms with van der Waals surface area (Å²) in [5, 5.41) is 0. The van der Waals surface area contributed by atoms with Crippen LogP contribution in [0.1, 0.15) is 63.7 Å². The third-order valence-corrected chi connectivity index (χ3v) is 6.31. The maximum absolute atomic E-state index is 13.7. The molecule has 0 bridgehead atoms. The number of hydrogen-bond donors (Lipinski definition) is 0. The van der Waals surface area contributed by atoms with Gasteiger partial charge in [0.1, 0.15) is 5.75 Å². The summed E-state index contributed by atoms with van der Waals surface area (Å²) in [6, 6.07) is 7.69. The third-order valence-electron chi connectivity index (χ3n) is 6.31. The van der Waals surface area contributed by atoms with Gasteiger partial charge in [0, 0.05) is 5.41 Å². The number of methoxy groups -OCH3 is 1. The molecule has 0 amide bonds. The van der Waals surface area contributed by atoms with Gasteiger partial charge in [-0.1, -0.05) is 34.4 Å². The Morgan fingerprint density at radius 2 is 1.50 bits per heavy atom. The zero-order valence-corrected chi connectivity index (χ0v) is 15.5. The first kappa shape index (κ1) is 17.0. The Hall–Kier alpha value is -1.83. The maximum atomic E-state index is 13.7. The van der Waals surface area contributed by atoms with Gasteiger partial charge in [-0.25, -0.2) is 0 Å². The van der Waals surface area contributed by atoms with Gasteiger partial charge in [-0.3, -0.25) is 4.79 Å². The Kier molecular flexibility index (Phi) is 4.42. The van der Waals surface area contributed by atoms with E-state index in [4.69, 9.17) is 4.74 Å². The molecule has 0 heterocycles. The number of benzene rings is 1. The number of fused-ring (bicyclic) bond motifs is 1. The fourth-order valence-electron chi connectivity index (χ4n) is 4.60. The Labute approximate surface area is 145 Å². The molecule has 0 atom stereocenters. The van der Waals surface area contributed by atoms with Gasteiger partial charge in [-0.05, 0) is 71.4 Å². The molecule has 24 heavy (non-hydrogen) atoms. The highest BCUT2D eigenvalue weighted by molar-refractivity contribution is 6.03. The van der Waals surface area contributed by atoms with E-state index in [1.807, 2.05) is 24.3 Å². The standard InChI is InChI=1S/C22H28O2/c1-14-10-18-11-15(2)17(4)13-22(18,12-16(14)3)21(23)19-8-6-7-9-20(19)24-5/h6-9,18H,10-13H2,1-5H3. The van der Waals surface area contributed by atoms with E-state index >= 15 is 0 Å². The fourth-order valence-corrected chi connectivity index (χ4v) is 4.60. The number of ether oxygens (including phenoxy) is 1. The number of ketones is 1. The van der Waals surface area contributed by atoms with Gasteiger partial charge in [0.15, 0.2) is 5.78 Å². The fraction of sp³-hybridized carbons (Fsp3) is 0.500. The molecule has 3 rings (SSSR count). The van der Waals surface area contributed by atoms with Crippen LogP contribution in [0.4, 0.5) is 0 Å². The molecule has 0 saturated carbocycles. The number of hydrogen-bond acceptors (Lipinski definition) is 2. The van der Waals surface area contributed by atoms with Crippen LogP contribution in [0.2, 0.25) is 0 Å². The molecule has 0 saturated heterocycles. The lowest BCUT2D eigenvalue weighted by Crippen LogP contribution is -2.44. The molecule has 2 aliphatic rings. The van der Waals surface area contributed by atoms with E-state index < -0.39 is 0 Å². The Morgan fingerprint density at radius 3 is 2.04 bits per heavy atom. The van der Waals surface area contributed by atoms with Crippen LogP contribution in [0.15, 0.2) is 46.6 Å². The first-order chi connectivity index (χ1) is 11.4. The summed E-state index contributed by atoms with van der Waals surface area (Å²) < 4.78 is 5.48. The maximum Gasteiger partial charge on any atom is 0.173 e. The lowest BCUT2D eigenvalue weighted by molar-refractivity contribution is 0.0602. The van der Waals surface area contributed by atoms with E-state index in [0.29, 0.717) is 11.7 Å². The van der Waals surface area contributed by atoms with Crippen molar-refractivity contribution in [2.75, 3.05) is 7.11 Å². The van der Waals surface area contributed by atoms with Crippen LogP contribution in [0.3, 0.4) is 0 Å². The number of allylic oxidation sites excluding steroid dienone is 4. The minimum absolute atomic E-state index is 0.267. The van der Waals surface area contributed by atoms with Crippen LogP contribution < -0.4 is 4.74 Å². The van der Waals surface area contributed by atoms with Crippen LogP contribution in [-0.2, 0) is 0 Å². The van der Waals surface area contributed by atoms with Gasteiger partial charge < -0.3 is 4.74 Å². The van der Waals surface area contributed by atoms with Gasteiger partial charge >= 0.3 is 0 Å². The van der Waals surface area contributed by atoms with Crippen molar-refractivity contribution in [3.63, 3.8) is 0 Å². The summed E-state index contributed by atoms with van der Waals surface area (Å²) in [5.74, 6) is 1.37. The van der Waals surface area contributed by atoms with Gasteiger partial charge in [0.05, 0.1) is 12.7 Å². The molecule has 1 aromatic carbocycles. The van der Waals surface area contributed by atoms with Gasteiger partial charge in [-0.15, -0.1) is 0 Å². The van der Waals surface area contributed by atoms with Crippen molar-refractivity contribution in [3.05, 3.63) is 52.1 Å². The highest BCUT2D eigenvalue weighted by Crippen LogP contribution is 2.55. The van der Waals surface area contributed by atoms with Crippen molar-refractivity contribution in [2.24, 2.45) is 11.3 Å². The molecule has 0 unspecified atom stereocenters. The van der Waals surface area contributed by atoms with Gasteiger partial charge in [0.25, 0.3) is 0 Å². The molecular weight excluding hydrogens is 296 g/mol. The summed E-state index contributed by atoms with van der Waals surface area (Å²) in [6.45, 7) is 8.85. The zero-order chi connectivity index (χ0) is 17.5. The molecule has 2 nitrogen and oxygen atoms in total. The molecule has 1 aromatic rings. The van der Waals surface area contributed by atoms with Crippen molar-refractivity contribution in [3.8, 4) is 5.75 Å². The lowest BCUT2D eigenvalue weighted by atomic mass is 9.55. The van der Waals surface area contributed by atoms with E-state index in [1.54, 1.807) is 7.11 Å². The highest BCUT2D eigenvalue weighted by atomic mass is 16.5. The first-order valence-corrected chi connectivity index (χ1v) is 8.87. The highest BCUT2D eigenvalue weighted by Gasteiger charge is 2.50. The molecule has 0 aliphatic heterocycles. The molecule has 0 spiro atoms. The molecular formula is C22H28O2. The molecule has 0 aromatic heterocycles. The number of para-hydroxylation sites is 1. The summed E-state index contributed by atoms with van der Waals surface area (Å²) in [5.41, 5.74) is 6.15. The SMILES string of the molecule is COc1ccccc1C(=O)C12CC(C)=C(C)CC1CC(C)=C(C)C2. The van der Waals surface area contributed by atoms with Crippen LogP contribution in [0, 0.1) is 11.3 Å². The molecule has 0 fully saturated rings. The minimum atomic E-state index is -0.304. The van der Waals surface area contributed by atoms with E-state index in [2.05, 4.69) is 27.7 Å². The second-order valence-electron chi connectivity index (χ2n) is 7.77. The summed E-state index contributed by atoms with van der Waals surface area (Å²) in [7, 11) is 1.65. The molecule has 0 N–H and O–H groups in total. The summed E-state index contributed by atoms with van der Waals surface area (Å²) >= 11 is 0. The van der Waals surface area contributed by atoms with Crippen molar-refractivity contribution < 1.29 is 9.53 Å². The third kappa shape index (κ3) is 2.62. The predicted molar refractivity (Wildman–Crippen MR) is 98.5 cm³/mol. The zero-order valence-electron chi connectivity index (χ0n) is 15.5. The Bertz CT molecular complexity index is 706. The van der Waals surface area contributed by atoms with Crippen molar-refractivity contribution in [1.82, 2.24) is 0 Å². The normalized spacial score (nSPS) is 27.1. The van der Waals surface area contributed by atoms with Gasteiger partial charge in [0.2, 0.25) is 0 Å². The molecule has 2 aliphatic carbocycles. The Morgan fingerprint density at radius 1 is 0.958 bits per heavy atom. The van der Waals surface area contributed by atoms with E-state index in [-0.39, 0.29) is 11.2 Å². The Balaban J connectivity index is 2.11. The van der Waals surface area contributed by atoms with Crippen LogP contribution >= 0.6 is 0 Å². The second kappa shape index (κ2) is 6.23.